The monoisotopic (exact) mass is 210 g/mol. The molecule has 0 spiro atoms. The van der Waals surface area contributed by atoms with Crippen LogP contribution in [0.25, 0.3) is 0 Å². The number of nitrogens with zero attached hydrogens (tertiary/aromatic N) is 1. The van der Waals surface area contributed by atoms with Crippen LogP contribution in [-0.4, -0.2) is 38.1 Å². The van der Waals surface area contributed by atoms with E-state index >= 15 is 0 Å². The van der Waals surface area contributed by atoms with Crippen LogP contribution in [0.2, 0.25) is 0 Å². The molecule has 15 heavy (non-hydrogen) atoms. The van der Waals surface area contributed by atoms with Crippen molar-refractivity contribution in [3.8, 4) is 0 Å². The van der Waals surface area contributed by atoms with Gasteiger partial charge >= 0.3 is 0 Å². The first-order chi connectivity index (χ1) is 7.25. The number of piperidine rings is 1. The van der Waals surface area contributed by atoms with Crippen molar-refractivity contribution < 1.29 is 0 Å². The predicted molar refractivity (Wildman–Crippen MR) is 65.0 cm³/mol. The molecular formula is C13H26N2. The van der Waals surface area contributed by atoms with Gasteiger partial charge in [0.15, 0.2) is 0 Å². The minimum atomic E-state index is 0.991. The Morgan fingerprint density at radius 3 is 2.53 bits per heavy atom. The van der Waals surface area contributed by atoms with E-state index in [0.29, 0.717) is 0 Å². The summed E-state index contributed by atoms with van der Waals surface area (Å²) in [5, 5.41) is 3.44. The van der Waals surface area contributed by atoms with Crippen molar-refractivity contribution in [2.45, 2.75) is 32.6 Å². The van der Waals surface area contributed by atoms with Gasteiger partial charge in [0.2, 0.25) is 0 Å². The highest BCUT2D eigenvalue weighted by Gasteiger charge is 2.32. The van der Waals surface area contributed by atoms with Crippen LogP contribution in [0.15, 0.2) is 0 Å². The lowest BCUT2D eigenvalue weighted by molar-refractivity contribution is 0.261. The topological polar surface area (TPSA) is 15.3 Å². The van der Waals surface area contributed by atoms with Crippen LogP contribution in [0.3, 0.4) is 0 Å². The van der Waals surface area contributed by atoms with E-state index in [2.05, 4.69) is 24.2 Å². The fourth-order valence-electron chi connectivity index (χ4n) is 2.72. The van der Waals surface area contributed by atoms with E-state index in [4.69, 9.17) is 0 Å². The zero-order valence-corrected chi connectivity index (χ0v) is 10.3. The Hall–Kier alpha value is -0.0800. The first-order valence-electron chi connectivity index (χ1n) is 6.65. The van der Waals surface area contributed by atoms with Gasteiger partial charge < -0.3 is 10.2 Å². The lowest BCUT2D eigenvalue weighted by Crippen LogP contribution is -2.30. The van der Waals surface area contributed by atoms with Crippen molar-refractivity contribution in [1.29, 1.82) is 0 Å². The van der Waals surface area contributed by atoms with Crippen LogP contribution < -0.4 is 5.32 Å². The smallest absolute Gasteiger partial charge is 0.000926 e. The summed E-state index contributed by atoms with van der Waals surface area (Å²) in [6.07, 6.45) is 5.68. The first kappa shape index (κ1) is 11.4. The zero-order valence-electron chi connectivity index (χ0n) is 10.3. The van der Waals surface area contributed by atoms with Crippen LogP contribution in [0.5, 0.6) is 0 Å². The maximum Gasteiger partial charge on any atom is 0.000926 e. The van der Waals surface area contributed by atoms with Gasteiger partial charge in [-0.2, -0.15) is 0 Å². The number of hydrogen-bond acceptors (Lipinski definition) is 2. The SMILES string of the molecule is CC1CC1CN(C)CCC1CCNCC1. The largest absolute Gasteiger partial charge is 0.317 e. The van der Waals surface area contributed by atoms with Gasteiger partial charge in [0.05, 0.1) is 0 Å². The van der Waals surface area contributed by atoms with Gasteiger partial charge in [0.25, 0.3) is 0 Å². The molecule has 2 aliphatic rings. The van der Waals surface area contributed by atoms with Gasteiger partial charge in [-0.05, 0) is 70.1 Å². The predicted octanol–water partition coefficient (Wildman–Crippen LogP) is 1.96. The molecule has 1 N–H and O–H groups in total. The molecule has 0 aromatic rings. The lowest BCUT2D eigenvalue weighted by Gasteiger charge is -2.25. The summed E-state index contributed by atoms with van der Waals surface area (Å²) in [7, 11) is 2.30. The zero-order chi connectivity index (χ0) is 10.7. The Morgan fingerprint density at radius 2 is 1.93 bits per heavy atom. The third-order valence-corrected chi connectivity index (χ3v) is 4.20. The highest BCUT2D eigenvalue weighted by molar-refractivity contribution is 4.84. The molecule has 2 fully saturated rings. The molecule has 0 radical (unpaired) electrons. The molecule has 0 aromatic carbocycles. The molecule has 0 amide bonds. The Balaban J connectivity index is 1.55. The van der Waals surface area contributed by atoms with Gasteiger partial charge in [0, 0.05) is 6.54 Å². The maximum atomic E-state index is 3.44. The molecule has 88 valence electrons. The van der Waals surface area contributed by atoms with Gasteiger partial charge in [-0.1, -0.05) is 6.92 Å². The molecule has 2 nitrogen and oxygen atoms in total. The molecule has 0 aromatic heterocycles. The van der Waals surface area contributed by atoms with Crippen molar-refractivity contribution >= 4 is 0 Å². The number of nitrogens with one attached hydrogen (secondary N) is 1. The van der Waals surface area contributed by atoms with Crippen LogP contribution in [0.1, 0.15) is 32.6 Å². The van der Waals surface area contributed by atoms with E-state index in [0.717, 1.165) is 17.8 Å². The summed E-state index contributed by atoms with van der Waals surface area (Å²) in [4.78, 5) is 2.55. The van der Waals surface area contributed by atoms with E-state index < -0.39 is 0 Å². The van der Waals surface area contributed by atoms with Gasteiger partial charge in [-0.3, -0.25) is 0 Å². The van der Waals surface area contributed by atoms with Crippen molar-refractivity contribution in [2.75, 3.05) is 33.2 Å². The van der Waals surface area contributed by atoms with Crippen molar-refractivity contribution in [3.63, 3.8) is 0 Å². The second kappa shape index (κ2) is 5.31. The number of hydrogen-bond donors (Lipinski definition) is 1. The molecule has 2 rings (SSSR count). The summed E-state index contributed by atoms with van der Waals surface area (Å²) < 4.78 is 0. The molecule has 2 heteroatoms. The minimum absolute atomic E-state index is 0.991. The summed E-state index contributed by atoms with van der Waals surface area (Å²) in [5.41, 5.74) is 0. The summed E-state index contributed by atoms with van der Waals surface area (Å²) in [5.74, 6) is 3.01. The molecule has 2 unspecified atom stereocenters. The summed E-state index contributed by atoms with van der Waals surface area (Å²) >= 11 is 0. The van der Waals surface area contributed by atoms with Gasteiger partial charge in [0.1, 0.15) is 0 Å². The second-order valence-corrected chi connectivity index (χ2v) is 5.72. The van der Waals surface area contributed by atoms with E-state index in [1.165, 1.54) is 51.9 Å². The van der Waals surface area contributed by atoms with Crippen LogP contribution in [-0.2, 0) is 0 Å². The Morgan fingerprint density at radius 1 is 1.27 bits per heavy atom. The minimum Gasteiger partial charge on any atom is -0.317 e. The fourth-order valence-corrected chi connectivity index (χ4v) is 2.72. The molecule has 2 atom stereocenters. The second-order valence-electron chi connectivity index (χ2n) is 5.72. The Labute approximate surface area is 94.4 Å². The molecule has 1 saturated carbocycles. The third-order valence-electron chi connectivity index (χ3n) is 4.20. The van der Waals surface area contributed by atoms with Crippen molar-refractivity contribution in [2.24, 2.45) is 17.8 Å². The summed E-state index contributed by atoms with van der Waals surface area (Å²) in [6.45, 7) is 7.52. The number of rotatable bonds is 5. The van der Waals surface area contributed by atoms with Crippen molar-refractivity contribution in [1.82, 2.24) is 10.2 Å². The molecule has 1 heterocycles. The lowest BCUT2D eigenvalue weighted by atomic mass is 9.94. The highest BCUT2D eigenvalue weighted by Crippen LogP contribution is 2.38. The van der Waals surface area contributed by atoms with Gasteiger partial charge in [-0.25, -0.2) is 0 Å². The summed E-state index contributed by atoms with van der Waals surface area (Å²) in [6, 6.07) is 0. The van der Waals surface area contributed by atoms with E-state index in [1.807, 2.05) is 0 Å². The fraction of sp³-hybridized carbons (Fsp3) is 1.00. The van der Waals surface area contributed by atoms with E-state index in [1.54, 1.807) is 0 Å². The molecule has 1 aliphatic heterocycles. The molecule has 1 aliphatic carbocycles. The Bertz CT molecular complexity index is 187. The Kier molecular flexibility index (Phi) is 4.04. The third kappa shape index (κ3) is 3.76. The molecular weight excluding hydrogens is 184 g/mol. The van der Waals surface area contributed by atoms with Crippen LogP contribution >= 0.6 is 0 Å². The van der Waals surface area contributed by atoms with E-state index in [-0.39, 0.29) is 0 Å². The van der Waals surface area contributed by atoms with Gasteiger partial charge in [-0.15, -0.1) is 0 Å². The average Bonchev–Trinajstić information content (AvgIpc) is 2.93. The van der Waals surface area contributed by atoms with Crippen LogP contribution in [0, 0.1) is 17.8 Å². The standard InChI is InChI=1S/C13H26N2/c1-11-9-13(11)10-15(2)8-5-12-3-6-14-7-4-12/h11-14H,3-10H2,1-2H3. The normalized spacial score (nSPS) is 32.2. The van der Waals surface area contributed by atoms with E-state index in [9.17, 15) is 0 Å². The molecule has 1 saturated heterocycles. The quantitative estimate of drug-likeness (QED) is 0.746. The average molecular weight is 210 g/mol. The molecule has 0 bridgehead atoms. The first-order valence-corrected chi connectivity index (χ1v) is 6.65. The highest BCUT2D eigenvalue weighted by atomic mass is 15.1. The maximum absolute atomic E-state index is 3.44. The van der Waals surface area contributed by atoms with Crippen molar-refractivity contribution in [3.05, 3.63) is 0 Å². The van der Waals surface area contributed by atoms with Crippen LogP contribution in [0.4, 0.5) is 0 Å².